The summed E-state index contributed by atoms with van der Waals surface area (Å²) >= 11 is 3.46. The zero-order valence-electron chi connectivity index (χ0n) is 20.1. The Kier molecular flexibility index (Phi) is 7.80. The standard InChI is InChI=1S/C23H33BrFN5O2Si/c1-14-20-19(29-22(26)27-14)13-18(16-9-8-15(25)12-17(16)24)28-21(20)30-31-10-7-11-32-33(5,6)23(2,3)4/h8-9,12,18H,7,10-11,13H2,1-6H3,(H,28,30)(H2,26,27,29)/t18-/m1/s1. The maximum absolute atomic E-state index is 13.6. The molecule has 0 fully saturated rings. The van der Waals surface area contributed by atoms with Gasteiger partial charge >= 0.3 is 0 Å². The highest BCUT2D eigenvalue weighted by atomic mass is 79.9. The van der Waals surface area contributed by atoms with E-state index in [0.717, 1.165) is 28.9 Å². The van der Waals surface area contributed by atoms with Crippen molar-refractivity contribution in [3.8, 4) is 0 Å². The SMILES string of the molecule is Cc1nc(N)nc2c1/C(=N/OCCCO[Si](C)(C)C(C)(C)C)N[C@@H](c1ccc(F)cc1Br)C2. The number of halogens is 2. The summed E-state index contributed by atoms with van der Waals surface area (Å²) < 4.78 is 20.5. The summed E-state index contributed by atoms with van der Waals surface area (Å²) in [5, 5.41) is 7.95. The average molecular weight is 539 g/mol. The smallest absolute Gasteiger partial charge is 0.220 e. The lowest BCUT2D eigenvalue weighted by Gasteiger charge is -2.36. The molecule has 1 aromatic carbocycles. The van der Waals surface area contributed by atoms with Gasteiger partial charge in [-0.2, -0.15) is 0 Å². The molecule has 1 aliphatic rings. The molecule has 3 N–H and O–H groups in total. The molecule has 0 radical (unpaired) electrons. The van der Waals surface area contributed by atoms with Gasteiger partial charge in [-0.05, 0) is 42.8 Å². The van der Waals surface area contributed by atoms with E-state index in [9.17, 15) is 4.39 Å². The van der Waals surface area contributed by atoms with Gasteiger partial charge in [-0.3, -0.25) is 0 Å². The molecule has 0 saturated carbocycles. The second-order valence-corrected chi connectivity index (χ2v) is 15.5. The van der Waals surface area contributed by atoms with Gasteiger partial charge in [-0.1, -0.05) is 47.9 Å². The first-order valence-corrected chi connectivity index (χ1v) is 14.8. The Hall–Kier alpha value is -2.04. The summed E-state index contributed by atoms with van der Waals surface area (Å²) in [6, 6.07) is 4.45. The van der Waals surface area contributed by atoms with Crippen molar-refractivity contribution in [3.05, 3.63) is 51.0 Å². The van der Waals surface area contributed by atoms with Crippen LogP contribution >= 0.6 is 15.9 Å². The second-order valence-electron chi connectivity index (χ2n) is 9.79. The van der Waals surface area contributed by atoms with Crippen LogP contribution in [0.5, 0.6) is 0 Å². The highest BCUT2D eigenvalue weighted by Gasteiger charge is 2.36. The van der Waals surface area contributed by atoms with Crippen molar-refractivity contribution >= 4 is 36.0 Å². The molecule has 1 aromatic heterocycles. The fourth-order valence-electron chi connectivity index (χ4n) is 3.41. The Morgan fingerprint density at radius 2 is 2.00 bits per heavy atom. The van der Waals surface area contributed by atoms with Crippen LogP contribution < -0.4 is 11.1 Å². The summed E-state index contributed by atoms with van der Waals surface area (Å²) in [5.74, 6) is 0.454. The van der Waals surface area contributed by atoms with Crippen LogP contribution in [0.3, 0.4) is 0 Å². The molecule has 0 bridgehead atoms. The fraction of sp³-hybridized carbons (Fsp3) is 0.522. The van der Waals surface area contributed by atoms with Gasteiger partial charge in [0.05, 0.1) is 23.0 Å². The van der Waals surface area contributed by atoms with Crippen LogP contribution in [0.15, 0.2) is 27.8 Å². The zero-order chi connectivity index (χ0) is 24.4. The van der Waals surface area contributed by atoms with Crippen molar-refractivity contribution in [1.82, 2.24) is 15.3 Å². The van der Waals surface area contributed by atoms with E-state index in [2.05, 4.69) is 70.2 Å². The molecule has 2 aromatic rings. The zero-order valence-corrected chi connectivity index (χ0v) is 22.7. The van der Waals surface area contributed by atoms with Crippen LogP contribution in [0, 0.1) is 12.7 Å². The first-order chi connectivity index (χ1) is 15.4. The van der Waals surface area contributed by atoms with Gasteiger partial charge in [0.1, 0.15) is 12.4 Å². The number of nitrogen functional groups attached to an aromatic ring is 1. The van der Waals surface area contributed by atoms with Crippen LogP contribution in [-0.2, 0) is 15.7 Å². The third-order valence-corrected chi connectivity index (χ3v) is 11.5. The Bertz CT molecular complexity index is 1040. The van der Waals surface area contributed by atoms with Crippen molar-refractivity contribution in [2.24, 2.45) is 5.16 Å². The van der Waals surface area contributed by atoms with Crippen LogP contribution in [0.25, 0.3) is 0 Å². The van der Waals surface area contributed by atoms with Gasteiger partial charge in [0.15, 0.2) is 14.2 Å². The van der Waals surface area contributed by atoms with Gasteiger partial charge in [0.2, 0.25) is 5.95 Å². The lowest BCUT2D eigenvalue weighted by molar-refractivity contribution is 0.124. The first kappa shape index (κ1) is 25.6. The van der Waals surface area contributed by atoms with E-state index in [0.29, 0.717) is 29.9 Å². The molecule has 1 aliphatic heterocycles. The molecule has 0 spiro atoms. The monoisotopic (exact) mass is 537 g/mol. The number of benzene rings is 1. The van der Waals surface area contributed by atoms with E-state index in [1.54, 1.807) is 6.07 Å². The number of fused-ring (bicyclic) bond motifs is 1. The molecule has 33 heavy (non-hydrogen) atoms. The predicted octanol–water partition coefficient (Wildman–Crippen LogP) is 5.25. The van der Waals surface area contributed by atoms with Gasteiger partial charge in [-0.15, -0.1) is 0 Å². The summed E-state index contributed by atoms with van der Waals surface area (Å²) in [6.45, 7) is 14.1. The number of rotatable bonds is 7. The number of aryl methyl sites for hydroxylation is 1. The number of nitrogens with one attached hydrogen (secondary N) is 1. The molecule has 0 amide bonds. The van der Waals surface area contributed by atoms with E-state index in [-0.39, 0.29) is 22.8 Å². The quantitative estimate of drug-likeness (QED) is 0.284. The van der Waals surface area contributed by atoms with Crippen LogP contribution in [0.2, 0.25) is 18.1 Å². The maximum Gasteiger partial charge on any atom is 0.220 e. The molecule has 0 saturated heterocycles. The third kappa shape index (κ3) is 6.10. The van der Waals surface area contributed by atoms with Crippen molar-refractivity contribution in [1.29, 1.82) is 0 Å². The molecular formula is C23H33BrFN5O2Si. The molecular weight excluding hydrogens is 505 g/mol. The normalized spacial score (nSPS) is 17.6. The molecule has 0 unspecified atom stereocenters. The van der Waals surface area contributed by atoms with E-state index < -0.39 is 8.32 Å². The summed E-state index contributed by atoms with van der Waals surface area (Å²) in [5.41, 5.74) is 9.09. The van der Waals surface area contributed by atoms with Gasteiger partial charge in [0.25, 0.3) is 0 Å². The minimum absolute atomic E-state index is 0.173. The number of aromatic nitrogens is 2. The highest BCUT2D eigenvalue weighted by Crippen LogP contribution is 2.36. The molecule has 7 nitrogen and oxygen atoms in total. The molecule has 0 aliphatic carbocycles. The van der Waals surface area contributed by atoms with Gasteiger partial charge in [0, 0.05) is 23.9 Å². The number of nitrogens with zero attached hydrogens (tertiary/aromatic N) is 3. The summed E-state index contributed by atoms with van der Waals surface area (Å²) in [7, 11) is -1.78. The number of hydrogen-bond acceptors (Lipinski definition) is 6. The minimum atomic E-state index is -1.78. The van der Waals surface area contributed by atoms with Crippen molar-refractivity contribution in [3.63, 3.8) is 0 Å². The van der Waals surface area contributed by atoms with Crippen LogP contribution in [0.1, 0.15) is 55.7 Å². The average Bonchev–Trinajstić information content (AvgIpc) is 2.68. The molecule has 3 rings (SSSR count). The van der Waals surface area contributed by atoms with E-state index >= 15 is 0 Å². The van der Waals surface area contributed by atoms with E-state index in [1.807, 2.05) is 6.92 Å². The minimum Gasteiger partial charge on any atom is -0.417 e. The number of nitrogens with two attached hydrogens (primary N) is 1. The van der Waals surface area contributed by atoms with Gasteiger partial charge in [-0.25, -0.2) is 14.4 Å². The lowest BCUT2D eigenvalue weighted by Crippen LogP contribution is -2.41. The van der Waals surface area contributed by atoms with Crippen LogP contribution in [0.4, 0.5) is 10.3 Å². The molecule has 1 atom stereocenters. The molecule has 2 heterocycles. The maximum atomic E-state index is 13.6. The third-order valence-electron chi connectivity index (χ3n) is 6.27. The lowest BCUT2D eigenvalue weighted by atomic mass is 9.94. The number of amidine groups is 1. The van der Waals surface area contributed by atoms with E-state index in [1.165, 1.54) is 12.1 Å². The molecule has 180 valence electrons. The largest absolute Gasteiger partial charge is 0.417 e. The van der Waals surface area contributed by atoms with Crippen molar-refractivity contribution < 1.29 is 13.7 Å². The Morgan fingerprint density at radius 3 is 2.67 bits per heavy atom. The number of oxime groups is 1. The molecule has 10 heteroatoms. The first-order valence-electron chi connectivity index (χ1n) is 11.1. The Balaban J connectivity index is 1.74. The van der Waals surface area contributed by atoms with Gasteiger partial charge < -0.3 is 20.3 Å². The van der Waals surface area contributed by atoms with E-state index in [4.69, 9.17) is 15.0 Å². The number of hydrogen-bond donors (Lipinski definition) is 2. The number of anilines is 1. The Labute approximate surface area is 204 Å². The fourth-order valence-corrected chi connectivity index (χ4v) is 5.13. The topological polar surface area (TPSA) is 94.7 Å². The van der Waals surface area contributed by atoms with Crippen molar-refractivity contribution in [2.45, 2.75) is 64.7 Å². The Morgan fingerprint density at radius 1 is 1.27 bits per heavy atom. The summed E-state index contributed by atoms with van der Waals surface area (Å²) in [4.78, 5) is 14.4. The highest BCUT2D eigenvalue weighted by molar-refractivity contribution is 9.10. The van der Waals surface area contributed by atoms with Crippen LogP contribution in [-0.4, -0.2) is 37.3 Å². The second kappa shape index (κ2) is 10.1. The summed E-state index contributed by atoms with van der Waals surface area (Å²) in [6.07, 6.45) is 1.30. The predicted molar refractivity (Wildman–Crippen MR) is 135 cm³/mol. The van der Waals surface area contributed by atoms with Crippen molar-refractivity contribution in [2.75, 3.05) is 18.9 Å².